The number of anilines is 1. The highest BCUT2D eigenvalue weighted by Crippen LogP contribution is 2.49. The van der Waals surface area contributed by atoms with Crippen LogP contribution in [0.1, 0.15) is 54.5 Å². The van der Waals surface area contributed by atoms with E-state index in [9.17, 15) is 13.2 Å². The predicted molar refractivity (Wildman–Crippen MR) is 87.1 cm³/mol. The summed E-state index contributed by atoms with van der Waals surface area (Å²) in [6.07, 6.45) is -0.160. The number of rotatable bonds is 4. The van der Waals surface area contributed by atoms with Crippen LogP contribution >= 0.6 is 12.6 Å². The molecular weight excluding hydrogens is 337 g/mol. The zero-order valence-electron chi connectivity index (χ0n) is 13.1. The molecule has 2 aliphatic carbocycles. The molecule has 24 heavy (non-hydrogen) atoms. The van der Waals surface area contributed by atoms with E-state index in [1.54, 1.807) is 0 Å². The van der Waals surface area contributed by atoms with E-state index in [-0.39, 0.29) is 5.95 Å². The van der Waals surface area contributed by atoms with E-state index >= 15 is 0 Å². The number of halogens is 3. The number of alkyl halides is 3. The third-order valence-corrected chi connectivity index (χ3v) is 4.91. The standard InChI is InChI=1S/C16H17F3N4S/c1-20-15-21-14(16(17,18)19)22-23(15)12-7-13(24)11(9-4-5-9)6-10(12)8-2-3-8/h6-9,24H,2-5H2,1H3,(H,20,21,22). The lowest BCUT2D eigenvalue weighted by atomic mass is 10.0. The molecule has 0 saturated heterocycles. The van der Waals surface area contributed by atoms with Crippen molar-refractivity contribution >= 4 is 18.6 Å². The second kappa shape index (κ2) is 5.40. The Labute approximate surface area is 142 Å². The number of thiol groups is 1. The van der Waals surface area contributed by atoms with Gasteiger partial charge in [0.05, 0.1) is 5.69 Å². The van der Waals surface area contributed by atoms with Gasteiger partial charge in [-0.25, -0.2) is 0 Å². The van der Waals surface area contributed by atoms with Gasteiger partial charge in [0.15, 0.2) is 0 Å². The number of hydrogen-bond donors (Lipinski definition) is 2. The van der Waals surface area contributed by atoms with Gasteiger partial charge in [-0.3, -0.25) is 0 Å². The Balaban J connectivity index is 1.86. The van der Waals surface area contributed by atoms with Gasteiger partial charge in [-0.2, -0.15) is 22.8 Å². The van der Waals surface area contributed by atoms with Crippen molar-refractivity contribution in [3.8, 4) is 5.69 Å². The molecule has 0 atom stereocenters. The summed E-state index contributed by atoms with van der Waals surface area (Å²) < 4.78 is 40.2. The van der Waals surface area contributed by atoms with E-state index in [1.165, 1.54) is 17.3 Å². The van der Waals surface area contributed by atoms with Gasteiger partial charge >= 0.3 is 6.18 Å². The van der Waals surface area contributed by atoms with E-state index in [0.29, 0.717) is 17.5 Å². The molecule has 1 heterocycles. The van der Waals surface area contributed by atoms with Gasteiger partial charge in [-0.05, 0) is 54.7 Å². The molecule has 0 aliphatic heterocycles. The van der Waals surface area contributed by atoms with Crippen LogP contribution in [0.25, 0.3) is 5.69 Å². The zero-order chi connectivity index (χ0) is 17.1. The number of aromatic nitrogens is 3. The average molecular weight is 354 g/mol. The monoisotopic (exact) mass is 354 g/mol. The number of nitrogens with one attached hydrogen (secondary N) is 1. The molecule has 8 heteroatoms. The molecule has 128 valence electrons. The van der Waals surface area contributed by atoms with Crippen molar-refractivity contribution in [3.63, 3.8) is 0 Å². The Morgan fingerprint density at radius 2 is 1.75 bits per heavy atom. The smallest absolute Gasteiger partial charge is 0.357 e. The fraction of sp³-hybridized carbons (Fsp3) is 0.500. The van der Waals surface area contributed by atoms with E-state index < -0.39 is 12.0 Å². The van der Waals surface area contributed by atoms with Crippen LogP contribution in [-0.2, 0) is 6.18 Å². The Kier molecular flexibility index (Phi) is 3.56. The van der Waals surface area contributed by atoms with Gasteiger partial charge in [-0.15, -0.1) is 17.7 Å². The van der Waals surface area contributed by atoms with Crippen LogP contribution in [0.15, 0.2) is 17.0 Å². The van der Waals surface area contributed by atoms with E-state index in [1.807, 2.05) is 6.07 Å². The van der Waals surface area contributed by atoms with E-state index in [0.717, 1.165) is 36.1 Å². The minimum Gasteiger partial charge on any atom is -0.357 e. The molecule has 1 aromatic carbocycles. The summed E-state index contributed by atoms with van der Waals surface area (Å²) >= 11 is 4.56. The lowest BCUT2D eigenvalue weighted by molar-refractivity contribution is -0.144. The molecule has 0 radical (unpaired) electrons. The van der Waals surface area contributed by atoms with Crippen molar-refractivity contribution in [1.29, 1.82) is 0 Å². The van der Waals surface area contributed by atoms with Gasteiger partial charge in [-0.1, -0.05) is 6.07 Å². The van der Waals surface area contributed by atoms with Crippen molar-refractivity contribution in [2.75, 3.05) is 12.4 Å². The summed E-state index contributed by atoms with van der Waals surface area (Å²) in [7, 11) is 1.54. The van der Waals surface area contributed by atoms with E-state index in [4.69, 9.17) is 0 Å². The van der Waals surface area contributed by atoms with Crippen LogP contribution in [0.4, 0.5) is 19.1 Å². The van der Waals surface area contributed by atoms with Crippen LogP contribution in [0.3, 0.4) is 0 Å². The number of hydrogen-bond acceptors (Lipinski definition) is 4. The third kappa shape index (κ3) is 2.76. The average Bonchev–Trinajstić information content (AvgIpc) is 3.43. The number of benzene rings is 1. The summed E-state index contributed by atoms with van der Waals surface area (Å²) in [5.74, 6) is -0.138. The molecule has 0 spiro atoms. The SMILES string of the molecule is CNc1nc(C(F)(F)F)nn1-c1cc(S)c(C2CC2)cc1C1CC1. The molecule has 1 N–H and O–H groups in total. The molecular formula is C16H17F3N4S. The fourth-order valence-electron chi connectivity index (χ4n) is 3.00. The second-order valence-corrected chi connectivity index (χ2v) is 6.92. The highest BCUT2D eigenvalue weighted by Gasteiger charge is 2.38. The Morgan fingerprint density at radius 1 is 1.12 bits per heavy atom. The minimum absolute atomic E-state index is 0.0798. The minimum atomic E-state index is -4.58. The first-order chi connectivity index (χ1) is 11.4. The molecule has 0 amide bonds. The van der Waals surface area contributed by atoms with Gasteiger partial charge in [0.2, 0.25) is 5.95 Å². The molecule has 2 aromatic rings. The van der Waals surface area contributed by atoms with Crippen LogP contribution in [0, 0.1) is 0 Å². The van der Waals surface area contributed by atoms with Crippen molar-refractivity contribution in [2.45, 2.75) is 48.6 Å². The normalized spacial score (nSPS) is 18.0. The highest BCUT2D eigenvalue weighted by molar-refractivity contribution is 7.80. The zero-order valence-corrected chi connectivity index (χ0v) is 14.0. The molecule has 2 fully saturated rings. The van der Waals surface area contributed by atoms with Crippen molar-refractivity contribution in [2.24, 2.45) is 0 Å². The Hall–Kier alpha value is -1.70. The first-order valence-corrected chi connectivity index (χ1v) is 8.42. The summed E-state index contributed by atoms with van der Waals surface area (Å²) in [4.78, 5) is 4.40. The maximum Gasteiger partial charge on any atom is 0.453 e. The quantitative estimate of drug-likeness (QED) is 0.801. The molecule has 4 rings (SSSR count). The molecule has 0 bridgehead atoms. The molecule has 4 nitrogen and oxygen atoms in total. The maximum absolute atomic E-state index is 13.0. The predicted octanol–water partition coefficient (Wildman–Crippen LogP) is 4.37. The second-order valence-electron chi connectivity index (χ2n) is 6.44. The van der Waals surface area contributed by atoms with Gasteiger partial charge in [0.1, 0.15) is 0 Å². The summed E-state index contributed by atoms with van der Waals surface area (Å²) in [6, 6.07) is 3.95. The molecule has 0 unspecified atom stereocenters. The fourth-order valence-corrected chi connectivity index (χ4v) is 3.37. The van der Waals surface area contributed by atoms with Crippen LogP contribution < -0.4 is 5.32 Å². The summed E-state index contributed by atoms with van der Waals surface area (Å²) in [6.45, 7) is 0. The summed E-state index contributed by atoms with van der Waals surface area (Å²) in [5, 5.41) is 6.42. The lowest BCUT2D eigenvalue weighted by Gasteiger charge is -2.15. The van der Waals surface area contributed by atoms with Crippen molar-refractivity contribution in [3.05, 3.63) is 29.1 Å². The van der Waals surface area contributed by atoms with Gasteiger partial charge < -0.3 is 5.32 Å². The van der Waals surface area contributed by atoms with E-state index in [2.05, 4.69) is 34.1 Å². The maximum atomic E-state index is 13.0. The largest absolute Gasteiger partial charge is 0.453 e. The summed E-state index contributed by atoms with van der Waals surface area (Å²) in [5.41, 5.74) is 2.88. The topological polar surface area (TPSA) is 42.7 Å². The van der Waals surface area contributed by atoms with Crippen molar-refractivity contribution in [1.82, 2.24) is 14.8 Å². The Bertz CT molecular complexity index is 791. The first-order valence-electron chi connectivity index (χ1n) is 7.97. The number of nitrogens with zero attached hydrogens (tertiary/aromatic N) is 3. The van der Waals surface area contributed by atoms with Gasteiger partial charge in [0.25, 0.3) is 5.82 Å². The van der Waals surface area contributed by atoms with Crippen molar-refractivity contribution < 1.29 is 13.2 Å². The van der Waals surface area contributed by atoms with Crippen LogP contribution in [0.2, 0.25) is 0 Å². The highest BCUT2D eigenvalue weighted by atomic mass is 32.1. The third-order valence-electron chi connectivity index (χ3n) is 4.52. The van der Waals surface area contributed by atoms with Gasteiger partial charge in [0, 0.05) is 11.9 Å². The Morgan fingerprint density at radius 3 is 2.29 bits per heavy atom. The van der Waals surface area contributed by atoms with Crippen LogP contribution in [0.5, 0.6) is 0 Å². The molecule has 2 aliphatic rings. The van der Waals surface area contributed by atoms with Crippen LogP contribution in [-0.4, -0.2) is 21.8 Å². The molecule has 2 saturated carbocycles. The lowest BCUT2D eigenvalue weighted by Crippen LogP contribution is -2.09. The first kappa shape index (κ1) is 15.8. The molecule has 1 aromatic heterocycles.